The van der Waals surface area contributed by atoms with Crippen LogP contribution in [0.2, 0.25) is 0 Å². The summed E-state index contributed by atoms with van der Waals surface area (Å²) in [6, 6.07) is 3.81. The molecule has 0 saturated heterocycles. The normalized spacial score (nSPS) is 12.5. The lowest BCUT2D eigenvalue weighted by molar-refractivity contribution is -0.121. The number of rotatable bonds is 5. The summed E-state index contributed by atoms with van der Waals surface area (Å²) in [6.45, 7) is 5.02. The maximum atomic E-state index is 11.5. The monoisotopic (exact) mass is 209 g/mol. The van der Waals surface area contributed by atoms with Crippen LogP contribution in [0.4, 0.5) is 0 Å². The Hall–Kier alpha value is -1.29. The van der Waals surface area contributed by atoms with Gasteiger partial charge in [-0.1, -0.05) is 6.92 Å². The number of carbonyl (C=O) groups is 1. The molecule has 15 heavy (non-hydrogen) atoms. The molecule has 84 valence electrons. The van der Waals surface area contributed by atoms with Gasteiger partial charge in [0.1, 0.15) is 6.54 Å². The van der Waals surface area contributed by atoms with E-state index in [-0.39, 0.29) is 11.9 Å². The van der Waals surface area contributed by atoms with Crippen LogP contribution in [-0.4, -0.2) is 17.0 Å². The van der Waals surface area contributed by atoms with E-state index in [9.17, 15) is 4.79 Å². The average molecular weight is 209 g/mol. The molecule has 1 rings (SSSR count). The molecule has 0 aromatic carbocycles. The summed E-state index contributed by atoms with van der Waals surface area (Å²) in [5, 5.41) is 2.84. The Labute approximate surface area is 90.5 Å². The third-order valence-electron chi connectivity index (χ3n) is 2.22. The molecule has 0 spiro atoms. The second kappa shape index (κ2) is 5.56. The molecule has 0 radical (unpaired) electrons. The average Bonchev–Trinajstić information content (AvgIpc) is 2.62. The van der Waals surface area contributed by atoms with Gasteiger partial charge in [-0.2, -0.15) is 0 Å². The Morgan fingerprint density at radius 3 is 3.00 bits per heavy atom. The highest BCUT2D eigenvalue weighted by Crippen LogP contribution is 2.10. The Morgan fingerprint density at radius 1 is 1.67 bits per heavy atom. The summed E-state index contributed by atoms with van der Waals surface area (Å²) >= 11 is 0. The molecule has 1 atom stereocenters. The highest BCUT2D eigenvalue weighted by molar-refractivity contribution is 5.75. The predicted octanol–water partition coefficient (Wildman–Crippen LogP) is 1.03. The Balaban J connectivity index is 2.56. The highest BCUT2D eigenvalue weighted by Gasteiger charge is 2.08. The van der Waals surface area contributed by atoms with Gasteiger partial charge in [0, 0.05) is 24.5 Å². The van der Waals surface area contributed by atoms with Crippen molar-refractivity contribution in [1.82, 2.24) is 9.88 Å². The summed E-state index contributed by atoms with van der Waals surface area (Å²) in [4.78, 5) is 11.5. The van der Waals surface area contributed by atoms with Crippen LogP contribution in [0.1, 0.15) is 32.0 Å². The van der Waals surface area contributed by atoms with Crippen LogP contribution < -0.4 is 11.1 Å². The van der Waals surface area contributed by atoms with Crippen LogP contribution in [0.3, 0.4) is 0 Å². The van der Waals surface area contributed by atoms with Gasteiger partial charge in [-0.25, -0.2) is 0 Å². The minimum absolute atomic E-state index is 0.0370. The first kappa shape index (κ1) is 11.8. The van der Waals surface area contributed by atoms with Gasteiger partial charge in [0.2, 0.25) is 5.91 Å². The maximum Gasteiger partial charge on any atom is 0.239 e. The van der Waals surface area contributed by atoms with Crippen LogP contribution >= 0.6 is 0 Å². The van der Waals surface area contributed by atoms with E-state index in [4.69, 9.17) is 5.73 Å². The Kier molecular flexibility index (Phi) is 4.37. The maximum absolute atomic E-state index is 11.5. The van der Waals surface area contributed by atoms with Crippen molar-refractivity contribution in [2.24, 2.45) is 5.73 Å². The van der Waals surface area contributed by atoms with E-state index < -0.39 is 0 Å². The van der Waals surface area contributed by atoms with Crippen molar-refractivity contribution >= 4 is 5.91 Å². The lowest BCUT2D eigenvalue weighted by Gasteiger charge is -2.11. The first-order chi connectivity index (χ1) is 7.15. The SMILES string of the molecule is CCCNC(=O)Cn1cccc1C(C)N. The van der Waals surface area contributed by atoms with Crippen molar-refractivity contribution in [3.63, 3.8) is 0 Å². The van der Waals surface area contributed by atoms with Crippen LogP contribution in [0.5, 0.6) is 0 Å². The van der Waals surface area contributed by atoms with E-state index >= 15 is 0 Å². The summed E-state index contributed by atoms with van der Waals surface area (Å²) in [7, 11) is 0. The number of hydrogen-bond donors (Lipinski definition) is 2. The third kappa shape index (κ3) is 3.40. The van der Waals surface area contributed by atoms with Crippen molar-refractivity contribution < 1.29 is 4.79 Å². The molecule has 0 saturated carbocycles. The first-order valence-corrected chi connectivity index (χ1v) is 5.32. The second-order valence-corrected chi connectivity index (χ2v) is 3.70. The molecule has 4 nitrogen and oxygen atoms in total. The molecule has 1 aromatic rings. The lowest BCUT2D eigenvalue weighted by Crippen LogP contribution is -2.29. The van der Waals surface area contributed by atoms with Crippen molar-refractivity contribution in [2.45, 2.75) is 32.9 Å². The molecular formula is C11H19N3O. The molecule has 0 bridgehead atoms. The number of nitrogens with zero attached hydrogens (tertiary/aromatic N) is 1. The van der Waals surface area contributed by atoms with E-state index in [2.05, 4.69) is 5.32 Å². The fourth-order valence-electron chi connectivity index (χ4n) is 1.46. The number of nitrogens with one attached hydrogen (secondary N) is 1. The van der Waals surface area contributed by atoms with E-state index in [1.54, 1.807) is 0 Å². The quantitative estimate of drug-likeness (QED) is 0.761. The smallest absolute Gasteiger partial charge is 0.239 e. The molecular weight excluding hydrogens is 190 g/mol. The van der Waals surface area contributed by atoms with Gasteiger partial charge in [0.25, 0.3) is 0 Å². The van der Waals surface area contributed by atoms with E-state index in [0.29, 0.717) is 6.54 Å². The zero-order valence-corrected chi connectivity index (χ0v) is 9.36. The Bertz CT molecular complexity index is 317. The van der Waals surface area contributed by atoms with Crippen molar-refractivity contribution in [2.75, 3.05) is 6.54 Å². The Morgan fingerprint density at radius 2 is 2.40 bits per heavy atom. The molecule has 1 heterocycles. The molecule has 0 aliphatic rings. The standard InChI is InChI=1S/C11H19N3O/c1-3-6-13-11(15)8-14-7-4-5-10(14)9(2)12/h4-5,7,9H,3,6,8,12H2,1-2H3,(H,13,15). The van der Waals surface area contributed by atoms with E-state index in [1.165, 1.54) is 0 Å². The van der Waals surface area contributed by atoms with Crippen molar-refractivity contribution in [3.05, 3.63) is 24.0 Å². The molecule has 0 fully saturated rings. The zero-order valence-electron chi connectivity index (χ0n) is 9.36. The molecule has 3 N–H and O–H groups in total. The van der Waals surface area contributed by atoms with Gasteiger partial charge in [-0.05, 0) is 25.5 Å². The van der Waals surface area contributed by atoms with Crippen LogP contribution in [0.15, 0.2) is 18.3 Å². The van der Waals surface area contributed by atoms with E-state index in [0.717, 1.165) is 18.7 Å². The number of nitrogens with two attached hydrogens (primary N) is 1. The summed E-state index contributed by atoms with van der Waals surface area (Å²) in [5.74, 6) is 0.0370. The number of hydrogen-bond acceptors (Lipinski definition) is 2. The van der Waals surface area contributed by atoms with E-state index in [1.807, 2.05) is 36.7 Å². The first-order valence-electron chi connectivity index (χ1n) is 5.32. The van der Waals surface area contributed by atoms with Gasteiger partial charge in [0.15, 0.2) is 0 Å². The molecule has 1 amide bonds. The zero-order chi connectivity index (χ0) is 11.3. The molecule has 1 aromatic heterocycles. The van der Waals surface area contributed by atoms with Gasteiger partial charge < -0.3 is 15.6 Å². The molecule has 4 heteroatoms. The largest absolute Gasteiger partial charge is 0.355 e. The predicted molar refractivity (Wildman–Crippen MR) is 60.3 cm³/mol. The third-order valence-corrected chi connectivity index (χ3v) is 2.22. The van der Waals surface area contributed by atoms with Gasteiger partial charge in [-0.3, -0.25) is 4.79 Å². The highest BCUT2D eigenvalue weighted by atomic mass is 16.1. The molecule has 0 aliphatic heterocycles. The van der Waals surface area contributed by atoms with Gasteiger partial charge >= 0.3 is 0 Å². The fourth-order valence-corrected chi connectivity index (χ4v) is 1.46. The van der Waals surface area contributed by atoms with Gasteiger partial charge in [0.05, 0.1) is 0 Å². The number of carbonyl (C=O) groups excluding carboxylic acids is 1. The number of amides is 1. The summed E-state index contributed by atoms with van der Waals surface area (Å²) in [6.07, 6.45) is 2.84. The lowest BCUT2D eigenvalue weighted by atomic mass is 10.2. The fraction of sp³-hybridized carbons (Fsp3) is 0.545. The minimum Gasteiger partial charge on any atom is -0.355 e. The topological polar surface area (TPSA) is 60.0 Å². The van der Waals surface area contributed by atoms with Gasteiger partial charge in [-0.15, -0.1) is 0 Å². The molecule has 0 aliphatic carbocycles. The minimum atomic E-state index is -0.0426. The van der Waals surface area contributed by atoms with Crippen LogP contribution in [-0.2, 0) is 11.3 Å². The second-order valence-electron chi connectivity index (χ2n) is 3.70. The molecule has 1 unspecified atom stereocenters. The summed E-state index contributed by atoms with van der Waals surface area (Å²) in [5.41, 5.74) is 6.77. The summed E-state index contributed by atoms with van der Waals surface area (Å²) < 4.78 is 1.88. The number of aromatic nitrogens is 1. The van der Waals surface area contributed by atoms with Crippen molar-refractivity contribution in [1.29, 1.82) is 0 Å². The van der Waals surface area contributed by atoms with Crippen molar-refractivity contribution in [3.8, 4) is 0 Å². The van der Waals surface area contributed by atoms with Crippen LogP contribution in [0, 0.1) is 0 Å². The van der Waals surface area contributed by atoms with Crippen LogP contribution in [0.25, 0.3) is 0 Å².